The van der Waals surface area contributed by atoms with Crippen LogP contribution in [-0.2, 0) is 0 Å². The summed E-state index contributed by atoms with van der Waals surface area (Å²) < 4.78 is 15.8. The molecule has 0 spiro atoms. The van der Waals surface area contributed by atoms with Crippen LogP contribution in [0, 0.1) is 0 Å². The zero-order chi connectivity index (χ0) is 36.7. The highest BCUT2D eigenvalue weighted by molar-refractivity contribution is 6.20. The van der Waals surface area contributed by atoms with Gasteiger partial charge < -0.3 is 18.3 Å². The number of rotatable bonds is 5. The van der Waals surface area contributed by atoms with Gasteiger partial charge >= 0.3 is 0 Å². The van der Waals surface area contributed by atoms with Gasteiger partial charge in [0.1, 0.15) is 16.7 Å². The van der Waals surface area contributed by atoms with E-state index in [1.807, 2.05) is 12.1 Å². The minimum Gasteiger partial charge on any atom is -0.455 e. The normalized spacial score (nSPS) is 11.9. The maximum Gasteiger partial charge on any atom is 0.159 e. The first-order chi connectivity index (χ1) is 27.8. The van der Waals surface area contributed by atoms with Crippen molar-refractivity contribution in [3.05, 3.63) is 194 Å². The van der Waals surface area contributed by atoms with Crippen LogP contribution in [0.3, 0.4) is 0 Å². The standard InChI is InChI=1S/C52H32N2O2/c1-2-14-35(15-3-1)53-44-22-8-6-18-43(44)49-45(53)23-12-24-46(49)54(47-25-11-21-41-42-32-29-33-13-4-5-16-37(33)51(42)56-52(41)47)36-30-27-34(28-31-36)38-19-10-20-40-39-17-7-9-26-48(39)55-50(38)40/h1-32H. The summed E-state index contributed by atoms with van der Waals surface area (Å²) >= 11 is 0. The van der Waals surface area contributed by atoms with Crippen molar-refractivity contribution >= 4 is 93.5 Å². The van der Waals surface area contributed by atoms with Gasteiger partial charge in [0.2, 0.25) is 0 Å². The van der Waals surface area contributed by atoms with Crippen molar-refractivity contribution in [2.45, 2.75) is 0 Å². The molecule has 9 aromatic carbocycles. The molecule has 0 unspecified atom stereocenters. The summed E-state index contributed by atoms with van der Waals surface area (Å²) in [6.07, 6.45) is 0. The van der Waals surface area contributed by atoms with Gasteiger partial charge in [-0.25, -0.2) is 0 Å². The van der Waals surface area contributed by atoms with Gasteiger partial charge in [-0.1, -0.05) is 133 Å². The largest absolute Gasteiger partial charge is 0.455 e. The van der Waals surface area contributed by atoms with Crippen molar-refractivity contribution in [1.29, 1.82) is 0 Å². The predicted molar refractivity (Wildman–Crippen MR) is 233 cm³/mol. The van der Waals surface area contributed by atoms with Crippen LogP contribution in [0.1, 0.15) is 0 Å². The van der Waals surface area contributed by atoms with Gasteiger partial charge in [-0.3, -0.25) is 0 Å². The molecule has 3 aromatic heterocycles. The summed E-state index contributed by atoms with van der Waals surface area (Å²) in [5.74, 6) is 0. The summed E-state index contributed by atoms with van der Waals surface area (Å²) in [6, 6.07) is 68.9. The molecule has 0 bridgehead atoms. The molecule has 0 amide bonds. The van der Waals surface area contributed by atoms with E-state index in [0.29, 0.717) is 0 Å². The van der Waals surface area contributed by atoms with Gasteiger partial charge in [0.25, 0.3) is 0 Å². The van der Waals surface area contributed by atoms with Crippen molar-refractivity contribution in [2.24, 2.45) is 0 Å². The molecule has 0 N–H and O–H groups in total. The molecule has 0 fully saturated rings. The third kappa shape index (κ3) is 4.47. The Balaban J connectivity index is 1.13. The summed E-state index contributed by atoms with van der Waals surface area (Å²) in [5, 5.41) is 9.05. The lowest BCUT2D eigenvalue weighted by Gasteiger charge is -2.27. The lowest BCUT2D eigenvalue weighted by atomic mass is 10.0. The minimum absolute atomic E-state index is 0.846. The SMILES string of the molecule is c1ccc(-n2c3ccccc3c3c(N(c4ccc(-c5cccc6c5oc5ccccc56)cc4)c4cccc5c4oc4c6ccccc6ccc54)cccc32)cc1. The molecule has 0 aliphatic carbocycles. The highest BCUT2D eigenvalue weighted by Crippen LogP contribution is 2.48. The Morgan fingerprint density at radius 2 is 1.02 bits per heavy atom. The lowest BCUT2D eigenvalue weighted by molar-refractivity contribution is 0.670. The van der Waals surface area contributed by atoms with E-state index >= 15 is 0 Å². The molecule has 0 radical (unpaired) electrons. The van der Waals surface area contributed by atoms with Crippen LogP contribution in [0.25, 0.3) is 93.3 Å². The Hall–Kier alpha value is -7.56. The first kappa shape index (κ1) is 30.9. The Bertz CT molecular complexity index is 3480. The van der Waals surface area contributed by atoms with Crippen LogP contribution >= 0.6 is 0 Å². The van der Waals surface area contributed by atoms with Gasteiger partial charge in [0, 0.05) is 54.6 Å². The fourth-order valence-electron chi connectivity index (χ4n) is 8.90. The molecule has 3 heterocycles. The number of furan rings is 2. The van der Waals surface area contributed by atoms with Crippen LogP contribution in [0.5, 0.6) is 0 Å². The molecule has 0 aliphatic rings. The van der Waals surface area contributed by atoms with E-state index in [2.05, 4.69) is 191 Å². The van der Waals surface area contributed by atoms with Crippen molar-refractivity contribution in [1.82, 2.24) is 4.57 Å². The number of nitrogens with zero attached hydrogens (tertiary/aromatic N) is 2. The molecule has 0 aliphatic heterocycles. The maximum absolute atomic E-state index is 7.01. The molecule has 56 heavy (non-hydrogen) atoms. The van der Waals surface area contributed by atoms with Gasteiger partial charge in [-0.05, 0) is 71.6 Å². The van der Waals surface area contributed by atoms with Crippen LogP contribution < -0.4 is 4.90 Å². The molecule has 0 atom stereocenters. The zero-order valence-electron chi connectivity index (χ0n) is 30.2. The smallest absolute Gasteiger partial charge is 0.159 e. The topological polar surface area (TPSA) is 34.5 Å². The Morgan fingerprint density at radius 3 is 1.89 bits per heavy atom. The molecule has 4 nitrogen and oxygen atoms in total. The number of benzene rings is 9. The van der Waals surface area contributed by atoms with E-state index in [-0.39, 0.29) is 0 Å². The van der Waals surface area contributed by atoms with Gasteiger partial charge in [0.05, 0.1) is 22.4 Å². The molecule has 0 saturated heterocycles. The van der Waals surface area contributed by atoms with E-state index in [1.165, 1.54) is 10.8 Å². The van der Waals surface area contributed by atoms with Crippen LogP contribution in [0.15, 0.2) is 203 Å². The zero-order valence-corrected chi connectivity index (χ0v) is 30.2. The van der Waals surface area contributed by atoms with Crippen molar-refractivity contribution < 1.29 is 8.83 Å². The van der Waals surface area contributed by atoms with Crippen molar-refractivity contribution in [2.75, 3.05) is 4.90 Å². The van der Waals surface area contributed by atoms with Crippen LogP contribution in [0.2, 0.25) is 0 Å². The number of anilines is 3. The van der Waals surface area contributed by atoms with E-state index in [1.54, 1.807) is 0 Å². The first-order valence-electron chi connectivity index (χ1n) is 19.0. The first-order valence-corrected chi connectivity index (χ1v) is 19.0. The second-order valence-electron chi connectivity index (χ2n) is 14.4. The highest BCUT2D eigenvalue weighted by Gasteiger charge is 2.24. The van der Waals surface area contributed by atoms with E-state index in [9.17, 15) is 0 Å². The van der Waals surface area contributed by atoms with E-state index in [4.69, 9.17) is 8.83 Å². The molecule has 12 aromatic rings. The number of hydrogen-bond acceptors (Lipinski definition) is 3. The van der Waals surface area contributed by atoms with Crippen molar-refractivity contribution in [3.8, 4) is 16.8 Å². The number of fused-ring (bicyclic) bond motifs is 11. The van der Waals surface area contributed by atoms with Crippen LogP contribution in [-0.4, -0.2) is 4.57 Å². The molecule has 4 heteroatoms. The third-order valence-corrected chi connectivity index (χ3v) is 11.4. The Kier molecular flexibility index (Phi) is 6.60. The summed E-state index contributed by atoms with van der Waals surface area (Å²) in [5.41, 5.74) is 12.2. The summed E-state index contributed by atoms with van der Waals surface area (Å²) in [4.78, 5) is 2.38. The maximum atomic E-state index is 7.01. The van der Waals surface area contributed by atoms with Crippen molar-refractivity contribution in [3.63, 3.8) is 0 Å². The summed E-state index contributed by atoms with van der Waals surface area (Å²) in [7, 11) is 0. The molecular formula is C52H32N2O2. The summed E-state index contributed by atoms with van der Waals surface area (Å²) in [6.45, 7) is 0. The van der Waals surface area contributed by atoms with E-state index < -0.39 is 0 Å². The van der Waals surface area contributed by atoms with Gasteiger partial charge in [0.15, 0.2) is 5.58 Å². The fourth-order valence-corrected chi connectivity index (χ4v) is 8.90. The molecular weight excluding hydrogens is 685 g/mol. The van der Waals surface area contributed by atoms with Crippen LogP contribution in [0.4, 0.5) is 17.1 Å². The lowest BCUT2D eigenvalue weighted by Crippen LogP contribution is -2.10. The minimum atomic E-state index is 0.846. The molecule has 12 rings (SSSR count). The van der Waals surface area contributed by atoms with E-state index in [0.717, 1.165) is 99.6 Å². The van der Waals surface area contributed by atoms with Gasteiger partial charge in [-0.15, -0.1) is 0 Å². The molecule has 262 valence electrons. The number of hydrogen-bond donors (Lipinski definition) is 0. The highest BCUT2D eigenvalue weighted by atomic mass is 16.3. The van der Waals surface area contributed by atoms with Gasteiger partial charge in [-0.2, -0.15) is 0 Å². The Morgan fingerprint density at radius 1 is 0.375 bits per heavy atom. The molecule has 0 saturated carbocycles. The third-order valence-electron chi connectivity index (χ3n) is 11.4. The number of para-hydroxylation sites is 5. The average Bonchev–Trinajstić information content (AvgIpc) is 3.95. The Labute approximate surface area is 321 Å². The average molecular weight is 717 g/mol. The fraction of sp³-hybridized carbons (Fsp3) is 0. The number of aromatic nitrogens is 1. The predicted octanol–water partition coefficient (Wildman–Crippen LogP) is 14.9. The second kappa shape index (κ2) is 12.0. The monoisotopic (exact) mass is 716 g/mol. The quantitative estimate of drug-likeness (QED) is 0.178. The second-order valence-corrected chi connectivity index (χ2v) is 14.4.